The van der Waals surface area contributed by atoms with Gasteiger partial charge in [0.15, 0.2) is 6.10 Å². The van der Waals surface area contributed by atoms with Gasteiger partial charge in [0, 0.05) is 0 Å². The minimum Gasteiger partial charge on any atom is -0.461 e. The van der Waals surface area contributed by atoms with Crippen LogP contribution in [-0.4, -0.2) is 37.5 Å². The van der Waals surface area contributed by atoms with Crippen LogP contribution < -0.4 is 0 Å². The van der Waals surface area contributed by atoms with Crippen molar-refractivity contribution in [3.8, 4) is 0 Å². The van der Waals surface area contributed by atoms with Crippen molar-refractivity contribution < 1.29 is 28.5 Å². The molecule has 0 N–H and O–H groups in total. The molecule has 0 spiro atoms. The second kappa shape index (κ2) is 17.1. The molecule has 4 aromatic carbocycles. The van der Waals surface area contributed by atoms with E-state index < -0.39 is 24.3 Å². The quantitative estimate of drug-likeness (QED) is 0.109. The SMILES string of the molecule is C[C@H](OCc1ccccc1)[C@H](OCc1ccccc1)[C@@H](OCc1ccccc1)C(=O)OCCOCc1ccccc1. The summed E-state index contributed by atoms with van der Waals surface area (Å²) in [6.07, 6.45) is -2.21. The number of hydrogen-bond donors (Lipinski definition) is 0. The van der Waals surface area contributed by atoms with E-state index in [9.17, 15) is 4.79 Å². The van der Waals surface area contributed by atoms with Gasteiger partial charge in [0.05, 0.1) is 39.1 Å². The maximum Gasteiger partial charge on any atom is 0.338 e. The van der Waals surface area contributed by atoms with Crippen LogP contribution in [0, 0.1) is 0 Å². The molecule has 3 atom stereocenters. The second-order valence-electron chi connectivity index (χ2n) is 9.69. The van der Waals surface area contributed by atoms with Crippen molar-refractivity contribution in [3.05, 3.63) is 144 Å². The Morgan fingerprint density at radius 2 is 0.951 bits per heavy atom. The molecule has 0 aromatic heterocycles. The molecular weight excluding hydrogens is 516 g/mol. The number of ether oxygens (including phenoxy) is 5. The number of carbonyl (C=O) groups is 1. The topological polar surface area (TPSA) is 63.2 Å². The molecule has 0 bridgehead atoms. The van der Waals surface area contributed by atoms with Gasteiger partial charge in [0.1, 0.15) is 12.7 Å². The highest BCUT2D eigenvalue weighted by molar-refractivity contribution is 5.75. The van der Waals surface area contributed by atoms with Crippen molar-refractivity contribution in [2.45, 2.75) is 51.7 Å². The standard InChI is InChI=1S/C35H38O6/c1-28(39-25-30-16-8-3-9-17-30)33(40-26-31-18-10-4-11-19-31)34(41-27-32-20-12-5-13-21-32)35(36)38-23-22-37-24-29-14-6-2-7-15-29/h2-21,28,33-34H,22-27H2,1H3/t28-,33-,34+/m0/s1. The summed E-state index contributed by atoms with van der Waals surface area (Å²) >= 11 is 0. The highest BCUT2D eigenvalue weighted by Crippen LogP contribution is 2.19. The van der Waals surface area contributed by atoms with Crippen LogP contribution in [0.1, 0.15) is 29.2 Å². The first-order valence-electron chi connectivity index (χ1n) is 13.9. The van der Waals surface area contributed by atoms with Crippen molar-refractivity contribution >= 4 is 5.97 Å². The fourth-order valence-corrected chi connectivity index (χ4v) is 4.24. The van der Waals surface area contributed by atoms with E-state index >= 15 is 0 Å². The normalized spacial score (nSPS) is 13.3. The molecule has 0 radical (unpaired) electrons. The molecule has 6 heteroatoms. The Bertz CT molecular complexity index is 1250. The van der Waals surface area contributed by atoms with Gasteiger partial charge in [-0.3, -0.25) is 0 Å². The molecule has 0 aliphatic rings. The van der Waals surface area contributed by atoms with Gasteiger partial charge in [0.2, 0.25) is 0 Å². The van der Waals surface area contributed by atoms with Gasteiger partial charge in [-0.2, -0.15) is 0 Å². The van der Waals surface area contributed by atoms with Crippen LogP contribution in [-0.2, 0) is 54.9 Å². The van der Waals surface area contributed by atoms with Crippen LogP contribution in [0.2, 0.25) is 0 Å². The van der Waals surface area contributed by atoms with Gasteiger partial charge in [-0.15, -0.1) is 0 Å². The lowest BCUT2D eigenvalue weighted by molar-refractivity contribution is -0.186. The largest absolute Gasteiger partial charge is 0.461 e. The fraction of sp³-hybridized carbons (Fsp3) is 0.286. The monoisotopic (exact) mass is 554 g/mol. The summed E-state index contributed by atoms with van der Waals surface area (Å²) in [6.45, 7) is 3.60. The van der Waals surface area contributed by atoms with E-state index in [1.54, 1.807) is 0 Å². The molecule has 4 aromatic rings. The van der Waals surface area contributed by atoms with Gasteiger partial charge in [-0.25, -0.2) is 4.79 Å². The van der Waals surface area contributed by atoms with Crippen LogP contribution >= 0.6 is 0 Å². The van der Waals surface area contributed by atoms with E-state index in [4.69, 9.17) is 23.7 Å². The van der Waals surface area contributed by atoms with Gasteiger partial charge in [-0.05, 0) is 29.2 Å². The molecule has 0 amide bonds. The highest BCUT2D eigenvalue weighted by Gasteiger charge is 2.36. The lowest BCUT2D eigenvalue weighted by atomic mass is 10.1. The molecule has 6 nitrogen and oxygen atoms in total. The van der Waals surface area contributed by atoms with E-state index in [-0.39, 0.29) is 19.8 Å². The number of carbonyl (C=O) groups excluding carboxylic acids is 1. The molecule has 4 rings (SSSR count). The summed E-state index contributed by atoms with van der Waals surface area (Å²) < 4.78 is 30.1. The maximum atomic E-state index is 13.5. The van der Waals surface area contributed by atoms with Gasteiger partial charge in [-0.1, -0.05) is 121 Å². The molecule has 0 heterocycles. The average molecular weight is 555 g/mol. The molecule has 41 heavy (non-hydrogen) atoms. The number of hydrogen-bond acceptors (Lipinski definition) is 6. The summed E-state index contributed by atoms with van der Waals surface area (Å²) in [5.74, 6) is -0.516. The third-order valence-corrected chi connectivity index (χ3v) is 6.49. The van der Waals surface area contributed by atoms with E-state index in [1.807, 2.05) is 128 Å². The fourth-order valence-electron chi connectivity index (χ4n) is 4.24. The molecule has 0 aliphatic heterocycles. The van der Waals surface area contributed by atoms with Gasteiger partial charge >= 0.3 is 5.97 Å². The van der Waals surface area contributed by atoms with Gasteiger partial charge < -0.3 is 23.7 Å². The van der Waals surface area contributed by atoms with Crippen LogP contribution in [0.5, 0.6) is 0 Å². The van der Waals surface area contributed by atoms with Crippen molar-refractivity contribution in [3.63, 3.8) is 0 Å². The van der Waals surface area contributed by atoms with Gasteiger partial charge in [0.25, 0.3) is 0 Å². The summed E-state index contributed by atoms with van der Waals surface area (Å²) in [4.78, 5) is 13.5. The van der Waals surface area contributed by atoms with Crippen LogP contribution in [0.25, 0.3) is 0 Å². The molecule has 0 aliphatic carbocycles. The average Bonchev–Trinajstić information content (AvgIpc) is 3.03. The molecule has 0 unspecified atom stereocenters. The first-order chi connectivity index (χ1) is 20.2. The Hall–Kier alpha value is -3.81. The Morgan fingerprint density at radius 3 is 1.44 bits per heavy atom. The van der Waals surface area contributed by atoms with Crippen LogP contribution in [0.3, 0.4) is 0 Å². The molecule has 0 fully saturated rings. The Labute approximate surface area is 242 Å². The van der Waals surface area contributed by atoms with E-state index in [0.717, 1.165) is 22.3 Å². The Kier molecular flexibility index (Phi) is 12.6. The lowest BCUT2D eigenvalue weighted by Gasteiger charge is -2.31. The van der Waals surface area contributed by atoms with Crippen molar-refractivity contribution in [2.24, 2.45) is 0 Å². The predicted molar refractivity (Wildman–Crippen MR) is 158 cm³/mol. The van der Waals surface area contributed by atoms with E-state index in [1.165, 1.54) is 0 Å². The summed E-state index contributed by atoms with van der Waals surface area (Å²) in [5, 5.41) is 0. The zero-order valence-corrected chi connectivity index (χ0v) is 23.5. The summed E-state index contributed by atoms with van der Waals surface area (Å²) in [6, 6.07) is 39.3. The summed E-state index contributed by atoms with van der Waals surface area (Å²) in [7, 11) is 0. The molecular formula is C35H38O6. The second-order valence-corrected chi connectivity index (χ2v) is 9.69. The predicted octanol–water partition coefficient (Wildman–Crippen LogP) is 6.52. The van der Waals surface area contributed by atoms with Crippen LogP contribution in [0.4, 0.5) is 0 Å². The zero-order valence-electron chi connectivity index (χ0n) is 23.5. The molecule has 214 valence electrons. The molecule has 0 saturated heterocycles. The third-order valence-electron chi connectivity index (χ3n) is 6.49. The Balaban J connectivity index is 1.44. The third kappa shape index (κ3) is 10.6. The van der Waals surface area contributed by atoms with E-state index in [2.05, 4.69) is 0 Å². The van der Waals surface area contributed by atoms with Crippen LogP contribution in [0.15, 0.2) is 121 Å². The molecule has 0 saturated carbocycles. The minimum atomic E-state index is -1.01. The summed E-state index contributed by atoms with van der Waals surface area (Å²) in [5.41, 5.74) is 4.01. The van der Waals surface area contributed by atoms with Crippen molar-refractivity contribution in [1.29, 1.82) is 0 Å². The van der Waals surface area contributed by atoms with Crippen molar-refractivity contribution in [1.82, 2.24) is 0 Å². The number of esters is 1. The Morgan fingerprint density at radius 1 is 0.537 bits per heavy atom. The first kappa shape index (κ1) is 30.2. The number of benzene rings is 4. The first-order valence-corrected chi connectivity index (χ1v) is 13.9. The number of rotatable bonds is 17. The van der Waals surface area contributed by atoms with Crippen molar-refractivity contribution in [2.75, 3.05) is 13.2 Å². The smallest absolute Gasteiger partial charge is 0.338 e. The highest BCUT2D eigenvalue weighted by atomic mass is 16.6. The minimum absolute atomic E-state index is 0.0987. The maximum absolute atomic E-state index is 13.5. The van der Waals surface area contributed by atoms with E-state index in [0.29, 0.717) is 19.8 Å². The zero-order chi connectivity index (χ0) is 28.5. The lowest BCUT2D eigenvalue weighted by Crippen LogP contribution is -2.46.